The fourth-order valence-electron chi connectivity index (χ4n) is 1.47. The number of rotatable bonds is 2. The van der Waals surface area contributed by atoms with Crippen LogP contribution >= 0.6 is 0 Å². The Hall–Kier alpha value is -1.05. The van der Waals surface area contributed by atoms with Gasteiger partial charge >= 0.3 is 0 Å². The third kappa shape index (κ3) is 1.76. The highest BCUT2D eigenvalue weighted by molar-refractivity contribution is 5.35. The van der Waals surface area contributed by atoms with Gasteiger partial charge in [0.15, 0.2) is 0 Å². The van der Waals surface area contributed by atoms with Gasteiger partial charge in [0.05, 0.1) is 0 Å². The Morgan fingerprint density at radius 1 is 1.67 bits per heavy atom. The number of hydrogen-bond donors (Lipinski definition) is 1. The van der Waals surface area contributed by atoms with Crippen LogP contribution in [0.2, 0.25) is 0 Å². The summed E-state index contributed by atoms with van der Waals surface area (Å²) in [4.78, 5) is 3.97. The first-order valence-corrected chi connectivity index (χ1v) is 4.37. The summed E-state index contributed by atoms with van der Waals surface area (Å²) in [6.07, 6.45) is 5.34. The van der Waals surface area contributed by atoms with Crippen molar-refractivity contribution in [1.29, 1.82) is 0 Å². The maximum atomic E-state index is 3.97. The van der Waals surface area contributed by atoms with E-state index in [-0.39, 0.29) is 0 Å². The molecule has 2 nitrogen and oxygen atoms in total. The SMILES string of the molecule is C=NC1=C(/C=C\C)C(C)CCN1. The first-order valence-electron chi connectivity index (χ1n) is 4.37. The molecule has 0 aromatic heterocycles. The molecule has 0 saturated heterocycles. The van der Waals surface area contributed by atoms with E-state index in [2.05, 4.69) is 30.0 Å². The summed E-state index contributed by atoms with van der Waals surface area (Å²) in [6, 6.07) is 0. The number of aliphatic imine (C=N–C) groups is 1. The molecule has 0 aromatic carbocycles. The van der Waals surface area contributed by atoms with Crippen LogP contribution in [0.5, 0.6) is 0 Å². The molecule has 12 heavy (non-hydrogen) atoms. The molecule has 1 aliphatic rings. The van der Waals surface area contributed by atoms with Crippen molar-refractivity contribution in [1.82, 2.24) is 5.32 Å². The summed E-state index contributed by atoms with van der Waals surface area (Å²) in [6.45, 7) is 8.80. The van der Waals surface area contributed by atoms with Crippen LogP contribution in [0.25, 0.3) is 0 Å². The van der Waals surface area contributed by atoms with E-state index in [9.17, 15) is 0 Å². The van der Waals surface area contributed by atoms with E-state index in [0.29, 0.717) is 5.92 Å². The van der Waals surface area contributed by atoms with Crippen molar-refractivity contribution in [3.63, 3.8) is 0 Å². The number of hydrogen-bond acceptors (Lipinski definition) is 2. The molecule has 0 saturated carbocycles. The van der Waals surface area contributed by atoms with E-state index in [1.165, 1.54) is 12.0 Å². The maximum absolute atomic E-state index is 3.97. The van der Waals surface area contributed by atoms with Crippen molar-refractivity contribution in [3.8, 4) is 0 Å². The van der Waals surface area contributed by atoms with Crippen LogP contribution in [0.1, 0.15) is 20.3 Å². The molecule has 0 spiro atoms. The quantitative estimate of drug-likeness (QED) is 0.621. The zero-order chi connectivity index (χ0) is 8.97. The van der Waals surface area contributed by atoms with Gasteiger partial charge in [-0.15, -0.1) is 0 Å². The minimum Gasteiger partial charge on any atom is -0.370 e. The van der Waals surface area contributed by atoms with Gasteiger partial charge in [-0.1, -0.05) is 19.1 Å². The Morgan fingerprint density at radius 2 is 2.42 bits per heavy atom. The minimum absolute atomic E-state index is 0.600. The molecule has 2 heteroatoms. The number of allylic oxidation sites excluding steroid dienone is 3. The number of nitrogens with zero attached hydrogens (tertiary/aromatic N) is 1. The van der Waals surface area contributed by atoms with Crippen molar-refractivity contribution in [2.24, 2.45) is 10.9 Å². The lowest BCUT2D eigenvalue weighted by molar-refractivity contribution is 0.543. The molecule has 1 unspecified atom stereocenters. The van der Waals surface area contributed by atoms with Gasteiger partial charge in [0.1, 0.15) is 5.82 Å². The molecule has 1 heterocycles. The summed E-state index contributed by atoms with van der Waals surface area (Å²) in [7, 11) is 0. The van der Waals surface area contributed by atoms with Crippen molar-refractivity contribution in [3.05, 3.63) is 23.5 Å². The summed E-state index contributed by atoms with van der Waals surface area (Å²) in [5, 5.41) is 3.23. The van der Waals surface area contributed by atoms with Crippen LogP contribution in [0.15, 0.2) is 28.5 Å². The molecule has 0 fully saturated rings. The van der Waals surface area contributed by atoms with Crippen LogP contribution in [0, 0.1) is 5.92 Å². The smallest absolute Gasteiger partial charge is 0.128 e. The van der Waals surface area contributed by atoms with Gasteiger partial charge in [-0.05, 0) is 31.6 Å². The average Bonchev–Trinajstić information content (AvgIpc) is 2.09. The van der Waals surface area contributed by atoms with E-state index in [4.69, 9.17) is 0 Å². The Labute approximate surface area is 74.1 Å². The van der Waals surface area contributed by atoms with E-state index in [1.54, 1.807) is 0 Å². The Morgan fingerprint density at radius 3 is 3.00 bits per heavy atom. The van der Waals surface area contributed by atoms with Gasteiger partial charge in [-0.2, -0.15) is 0 Å². The minimum atomic E-state index is 0.600. The highest BCUT2D eigenvalue weighted by Crippen LogP contribution is 2.22. The van der Waals surface area contributed by atoms with Crippen molar-refractivity contribution >= 4 is 6.72 Å². The molecule has 1 aliphatic heterocycles. The van der Waals surface area contributed by atoms with Crippen LogP contribution in [0.3, 0.4) is 0 Å². The van der Waals surface area contributed by atoms with Gasteiger partial charge in [0, 0.05) is 6.54 Å². The normalized spacial score (nSPS) is 24.3. The molecule has 0 bridgehead atoms. The van der Waals surface area contributed by atoms with E-state index in [1.807, 2.05) is 13.0 Å². The van der Waals surface area contributed by atoms with Crippen LogP contribution < -0.4 is 5.32 Å². The third-order valence-corrected chi connectivity index (χ3v) is 2.18. The topological polar surface area (TPSA) is 24.4 Å². The van der Waals surface area contributed by atoms with Gasteiger partial charge < -0.3 is 5.32 Å². The zero-order valence-corrected chi connectivity index (χ0v) is 7.80. The fraction of sp³-hybridized carbons (Fsp3) is 0.500. The molecule has 0 amide bonds. The van der Waals surface area contributed by atoms with E-state index >= 15 is 0 Å². The Kier molecular flexibility index (Phi) is 3.09. The second-order valence-electron chi connectivity index (χ2n) is 3.08. The number of nitrogens with one attached hydrogen (secondary N) is 1. The van der Waals surface area contributed by atoms with Crippen molar-refractivity contribution < 1.29 is 0 Å². The average molecular weight is 164 g/mol. The van der Waals surface area contributed by atoms with Gasteiger partial charge in [-0.25, -0.2) is 4.99 Å². The fourth-order valence-corrected chi connectivity index (χ4v) is 1.47. The molecule has 0 aromatic rings. The highest BCUT2D eigenvalue weighted by atomic mass is 15.0. The first-order chi connectivity index (χ1) is 5.79. The predicted octanol–water partition coefficient (Wildman–Crippen LogP) is 2.10. The molecular weight excluding hydrogens is 148 g/mol. The van der Waals surface area contributed by atoms with Crippen LogP contribution in [-0.4, -0.2) is 13.3 Å². The zero-order valence-electron chi connectivity index (χ0n) is 7.80. The molecule has 0 radical (unpaired) electrons. The second-order valence-corrected chi connectivity index (χ2v) is 3.08. The van der Waals surface area contributed by atoms with E-state index in [0.717, 1.165) is 12.4 Å². The first kappa shape index (κ1) is 9.04. The van der Waals surface area contributed by atoms with Crippen LogP contribution in [-0.2, 0) is 0 Å². The van der Waals surface area contributed by atoms with Crippen LogP contribution in [0.4, 0.5) is 0 Å². The molecular formula is C10H16N2. The van der Waals surface area contributed by atoms with Gasteiger partial charge in [0.25, 0.3) is 0 Å². The summed E-state index contributed by atoms with van der Waals surface area (Å²) >= 11 is 0. The molecule has 0 aliphatic carbocycles. The van der Waals surface area contributed by atoms with Crippen molar-refractivity contribution in [2.75, 3.05) is 6.54 Å². The standard InChI is InChI=1S/C10H16N2/c1-4-5-9-8(2)6-7-12-10(9)11-3/h4-5,8,12H,3,6-7H2,1-2H3/b5-4-. The largest absolute Gasteiger partial charge is 0.370 e. The summed E-state index contributed by atoms with van der Waals surface area (Å²) in [5.41, 5.74) is 1.28. The second kappa shape index (κ2) is 4.10. The van der Waals surface area contributed by atoms with Gasteiger partial charge in [-0.3, -0.25) is 0 Å². The van der Waals surface area contributed by atoms with Gasteiger partial charge in [0.2, 0.25) is 0 Å². The monoisotopic (exact) mass is 164 g/mol. The highest BCUT2D eigenvalue weighted by Gasteiger charge is 2.15. The molecule has 1 atom stereocenters. The lowest BCUT2D eigenvalue weighted by atomic mass is 9.94. The third-order valence-electron chi connectivity index (χ3n) is 2.18. The van der Waals surface area contributed by atoms with Crippen molar-refractivity contribution in [2.45, 2.75) is 20.3 Å². The molecule has 66 valence electrons. The lowest BCUT2D eigenvalue weighted by Crippen LogP contribution is -2.24. The summed E-state index contributed by atoms with van der Waals surface area (Å²) < 4.78 is 0. The molecule has 1 N–H and O–H groups in total. The lowest BCUT2D eigenvalue weighted by Gasteiger charge is -2.22. The maximum Gasteiger partial charge on any atom is 0.128 e. The predicted molar refractivity (Wildman–Crippen MR) is 53.2 cm³/mol. The Bertz CT molecular complexity index is 226. The van der Waals surface area contributed by atoms with E-state index < -0.39 is 0 Å². The Balaban J connectivity index is 2.94. The molecule has 1 rings (SSSR count). The summed E-state index contributed by atoms with van der Waals surface area (Å²) in [5.74, 6) is 1.55.